The first-order valence-electron chi connectivity index (χ1n) is 5.58. The first kappa shape index (κ1) is 13.6. The SMILES string of the molecule is NCCc1c(C(=O)O)nnn1Cc1ccc(Br)cn1. The number of carbonyl (C=O) groups is 1. The van der Waals surface area contributed by atoms with Crippen LogP contribution in [0.5, 0.6) is 0 Å². The van der Waals surface area contributed by atoms with E-state index in [9.17, 15) is 4.79 Å². The molecule has 0 saturated carbocycles. The quantitative estimate of drug-likeness (QED) is 0.837. The first-order chi connectivity index (χ1) is 9.11. The van der Waals surface area contributed by atoms with Crippen LogP contribution in [-0.4, -0.2) is 37.6 Å². The number of carboxylic acid groups (broad SMARTS) is 1. The van der Waals surface area contributed by atoms with Gasteiger partial charge in [0.25, 0.3) is 0 Å². The molecule has 3 N–H and O–H groups in total. The lowest BCUT2D eigenvalue weighted by Gasteiger charge is -2.05. The summed E-state index contributed by atoms with van der Waals surface area (Å²) in [4.78, 5) is 15.2. The third-order valence-electron chi connectivity index (χ3n) is 2.52. The zero-order valence-corrected chi connectivity index (χ0v) is 11.5. The van der Waals surface area contributed by atoms with E-state index in [-0.39, 0.29) is 5.69 Å². The monoisotopic (exact) mass is 325 g/mol. The summed E-state index contributed by atoms with van der Waals surface area (Å²) in [5.74, 6) is -1.10. The van der Waals surface area contributed by atoms with Crippen LogP contribution in [0.15, 0.2) is 22.8 Å². The summed E-state index contributed by atoms with van der Waals surface area (Å²) in [7, 11) is 0. The molecule has 0 aromatic carbocycles. The molecule has 0 bridgehead atoms. The highest BCUT2D eigenvalue weighted by molar-refractivity contribution is 9.10. The molecular weight excluding hydrogens is 314 g/mol. The third-order valence-corrected chi connectivity index (χ3v) is 2.99. The number of aromatic nitrogens is 4. The molecule has 0 aliphatic rings. The number of hydrogen-bond acceptors (Lipinski definition) is 5. The summed E-state index contributed by atoms with van der Waals surface area (Å²) in [6.45, 7) is 0.699. The van der Waals surface area contributed by atoms with Gasteiger partial charge in [0.2, 0.25) is 0 Å². The molecular formula is C11H12BrN5O2. The number of pyridine rings is 1. The van der Waals surface area contributed by atoms with E-state index in [1.807, 2.05) is 12.1 Å². The van der Waals surface area contributed by atoms with Crippen LogP contribution in [0.2, 0.25) is 0 Å². The van der Waals surface area contributed by atoms with Crippen LogP contribution in [0.25, 0.3) is 0 Å². The van der Waals surface area contributed by atoms with Crippen molar-refractivity contribution < 1.29 is 9.90 Å². The van der Waals surface area contributed by atoms with E-state index in [0.29, 0.717) is 25.2 Å². The van der Waals surface area contributed by atoms with Gasteiger partial charge in [-0.1, -0.05) is 5.21 Å². The first-order valence-corrected chi connectivity index (χ1v) is 6.37. The summed E-state index contributed by atoms with van der Waals surface area (Å²) in [6, 6.07) is 3.69. The van der Waals surface area contributed by atoms with Gasteiger partial charge in [-0.25, -0.2) is 9.48 Å². The molecule has 0 saturated heterocycles. The van der Waals surface area contributed by atoms with Crippen molar-refractivity contribution in [3.8, 4) is 0 Å². The molecule has 8 heteroatoms. The van der Waals surface area contributed by atoms with E-state index in [2.05, 4.69) is 31.2 Å². The molecule has 0 unspecified atom stereocenters. The fourth-order valence-corrected chi connectivity index (χ4v) is 1.90. The van der Waals surface area contributed by atoms with Gasteiger partial charge in [0.1, 0.15) is 0 Å². The molecule has 0 fully saturated rings. The molecule has 7 nitrogen and oxygen atoms in total. The van der Waals surface area contributed by atoms with Gasteiger partial charge < -0.3 is 10.8 Å². The molecule has 100 valence electrons. The van der Waals surface area contributed by atoms with E-state index < -0.39 is 5.97 Å². The summed E-state index contributed by atoms with van der Waals surface area (Å²) in [5.41, 5.74) is 6.71. The molecule has 0 radical (unpaired) electrons. The van der Waals surface area contributed by atoms with Crippen molar-refractivity contribution in [2.45, 2.75) is 13.0 Å². The number of nitrogens with zero attached hydrogens (tertiary/aromatic N) is 4. The minimum absolute atomic E-state index is 0.0532. The predicted octanol–water partition coefficient (Wildman–Crippen LogP) is 0.683. The highest BCUT2D eigenvalue weighted by Gasteiger charge is 2.18. The Bertz CT molecular complexity index is 581. The van der Waals surface area contributed by atoms with Gasteiger partial charge in [0.15, 0.2) is 5.69 Å². The molecule has 2 rings (SSSR count). The molecule has 0 aliphatic heterocycles. The minimum atomic E-state index is -1.10. The van der Waals surface area contributed by atoms with Crippen LogP contribution in [0.4, 0.5) is 0 Å². The number of nitrogens with two attached hydrogens (primary N) is 1. The Morgan fingerprint density at radius 2 is 2.26 bits per heavy atom. The van der Waals surface area contributed by atoms with Gasteiger partial charge in [-0.3, -0.25) is 4.98 Å². The second-order valence-corrected chi connectivity index (χ2v) is 4.77. The predicted molar refractivity (Wildman–Crippen MR) is 70.8 cm³/mol. The standard InChI is InChI=1S/C11H12BrN5O2/c12-7-1-2-8(14-5-7)6-17-9(3-4-13)10(11(18)19)15-16-17/h1-2,5H,3-4,6,13H2,(H,18,19). The van der Waals surface area contributed by atoms with Crippen LogP contribution >= 0.6 is 15.9 Å². The van der Waals surface area contributed by atoms with Crippen LogP contribution < -0.4 is 5.73 Å². The summed E-state index contributed by atoms with van der Waals surface area (Å²) < 4.78 is 2.40. The Morgan fingerprint density at radius 1 is 1.47 bits per heavy atom. The number of hydrogen-bond donors (Lipinski definition) is 2. The Kier molecular flexibility index (Phi) is 4.23. The Hall–Kier alpha value is -1.80. The maximum atomic E-state index is 11.0. The fraction of sp³-hybridized carbons (Fsp3) is 0.273. The molecule has 0 atom stereocenters. The zero-order valence-electron chi connectivity index (χ0n) is 9.95. The molecule has 2 aromatic heterocycles. The molecule has 0 amide bonds. The van der Waals surface area contributed by atoms with Crippen molar-refractivity contribution in [2.75, 3.05) is 6.54 Å². The summed E-state index contributed by atoms with van der Waals surface area (Å²) in [5, 5.41) is 16.6. The molecule has 0 aliphatic carbocycles. The maximum absolute atomic E-state index is 11.0. The van der Waals surface area contributed by atoms with Gasteiger partial charge in [0, 0.05) is 17.1 Å². The second-order valence-electron chi connectivity index (χ2n) is 3.85. The van der Waals surface area contributed by atoms with E-state index in [1.165, 1.54) is 4.68 Å². The normalized spacial score (nSPS) is 10.6. The zero-order chi connectivity index (χ0) is 13.8. The second kappa shape index (κ2) is 5.89. The average Bonchev–Trinajstić information content (AvgIpc) is 2.76. The van der Waals surface area contributed by atoms with Crippen LogP contribution in [-0.2, 0) is 13.0 Å². The summed E-state index contributed by atoms with van der Waals surface area (Å²) >= 11 is 3.30. The van der Waals surface area contributed by atoms with Crippen molar-refractivity contribution in [3.05, 3.63) is 39.9 Å². The topological polar surface area (TPSA) is 107 Å². The van der Waals surface area contributed by atoms with Gasteiger partial charge in [-0.15, -0.1) is 5.10 Å². The summed E-state index contributed by atoms with van der Waals surface area (Å²) in [6.07, 6.45) is 2.08. The number of rotatable bonds is 5. The van der Waals surface area contributed by atoms with Gasteiger partial charge in [0.05, 0.1) is 17.9 Å². The maximum Gasteiger partial charge on any atom is 0.358 e. The average molecular weight is 326 g/mol. The lowest BCUT2D eigenvalue weighted by molar-refractivity contribution is 0.0689. The third kappa shape index (κ3) is 3.15. The Morgan fingerprint density at radius 3 is 2.84 bits per heavy atom. The highest BCUT2D eigenvalue weighted by atomic mass is 79.9. The lowest BCUT2D eigenvalue weighted by Crippen LogP contribution is -2.14. The Labute approximate surface area is 117 Å². The molecule has 0 spiro atoms. The highest BCUT2D eigenvalue weighted by Crippen LogP contribution is 2.11. The molecule has 2 heterocycles. The largest absolute Gasteiger partial charge is 0.476 e. The molecule has 2 aromatic rings. The van der Waals surface area contributed by atoms with E-state index >= 15 is 0 Å². The number of carboxylic acids is 1. The lowest BCUT2D eigenvalue weighted by atomic mass is 10.2. The molecule has 19 heavy (non-hydrogen) atoms. The fourth-order valence-electron chi connectivity index (χ4n) is 1.66. The van der Waals surface area contributed by atoms with Crippen molar-refractivity contribution in [1.29, 1.82) is 0 Å². The van der Waals surface area contributed by atoms with Crippen LogP contribution in [0, 0.1) is 0 Å². The van der Waals surface area contributed by atoms with Crippen LogP contribution in [0.3, 0.4) is 0 Å². The van der Waals surface area contributed by atoms with Crippen molar-refractivity contribution >= 4 is 21.9 Å². The van der Waals surface area contributed by atoms with E-state index in [1.54, 1.807) is 6.20 Å². The van der Waals surface area contributed by atoms with Crippen LogP contribution in [0.1, 0.15) is 21.9 Å². The number of halogens is 1. The minimum Gasteiger partial charge on any atom is -0.476 e. The number of aromatic carboxylic acids is 1. The Balaban J connectivity index is 2.29. The van der Waals surface area contributed by atoms with Gasteiger partial charge in [-0.05, 0) is 34.6 Å². The smallest absolute Gasteiger partial charge is 0.358 e. The van der Waals surface area contributed by atoms with Crippen molar-refractivity contribution in [3.63, 3.8) is 0 Å². The van der Waals surface area contributed by atoms with Crippen molar-refractivity contribution in [2.24, 2.45) is 5.73 Å². The van der Waals surface area contributed by atoms with Crippen molar-refractivity contribution in [1.82, 2.24) is 20.0 Å². The van der Waals surface area contributed by atoms with E-state index in [4.69, 9.17) is 10.8 Å². The van der Waals surface area contributed by atoms with Gasteiger partial charge >= 0.3 is 5.97 Å². The van der Waals surface area contributed by atoms with E-state index in [0.717, 1.165) is 10.2 Å². The van der Waals surface area contributed by atoms with Gasteiger partial charge in [-0.2, -0.15) is 0 Å².